The molecular formula is C19H19ClN2. The standard InChI is InChI=1S/C19H19ClN2/c1-11-16(20)9-8-15-17(12(2)21-3)19-14-7-5-4-6-13(14)10-22(19)18(11)15/h4-9,12,21H,10H2,1-3H3. The molecule has 1 aliphatic rings. The number of fused-ring (bicyclic) bond motifs is 5. The fraction of sp³-hybridized carbons (Fsp3) is 0.263. The highest BCUT2D eigenvalue weighted by Gasteiger charge is 2.28. The Morgan fingerprint density at radius 1 is 1.18 bits per heavy atom. The Labute approximate surface area is 135 Å². The van der Waals surface area contributed by atoms with Crippen molar-refractivity contribution < 1.29 is 0 Å². The molecule has 1 unspecified atom stereocenters. The van der Waals surface area contributed by atoms with E-state index >= 15 is 0 Å². The molecule has 22 heavy (non-hydrogen) atoms. The highest BCUT2D eigenvalue weighted by molar-refractivity contribution is 6.32. The van der Waals surface area contributed by atoms with E-state index in [1.165, 1.54) is 38.9 Å². The van der Waals surface area contributed by atoms with Gasteiger partial charge in [-0.2, -0.15) is 0 Å². The summed E-state index contributed by atoms with van der Waals surface area (Å²) < 4.78 is 2.43. The molecule has 112 valence electrons. The SMILES string of the molecule is CNC(C)c1c2n(c3c(C)c(Cl)ccc13)Cc1ccccc1-2. The van der Waals surface area contributed by atoms with Gasteiger partial charge < -0.3 is 9.88 Å². The molecule has 3 heteroatoms. The second-order valence-electron chi connectivity index (χ2n) is 6.08. The highest BCUT2D eigenvalue weighted by atomic mass is 35.5. The van der Waals surface area contributed by atoms with E-state index in [4.69, 9.17) is 11.6 Å². The van der Waals surface area contributed by atoms with Gasteiger partial charge in [0.15, 0.2) is 0 Å². The molecule has 0 fully saturated rings. The molecule has 2 heterocycles. The van der Waals surface area contributed by atoms with E-state index in [2.05, 4.69) is 54.1 Å². The van der Waals surface area contributed by atoms with Crippen LogP contribution >= 0.6 is 11.6 Å². The van der Waals surface area contributed by atoms with Crippen LogP contribution in [0, 0.1) is 6.92 Å². The number of hydrogen-bond acceptors (Lipinski definition) is 1. The highest BCUT2D eigenvalue weighted by Crippen LogP contribution is 2.45. The number of benzene rings is 2. The first-order chi connectivity index (χ1) is 10.6. The first-order valence-electron chi connectivity index (χ1n) is 7.70. The van der Waals surface area contributed by atoms with Crippen LogP contribution in [-0.4, -0.2) is 11.6 Å². The minimum atomic E-state index is 0.297. The van der Waals surface area contributed by atoms with Crippen molar-refractivity contribution in [2.24, 2.45) is 0 Å². The third-order valence-electron chi connectivity index (χ3n) is 4.92. The monoisotopic (exact) mass is 310 g/mol. The molecule has 4 rings (SSSR count). The van der Waals surface area contributed by atoms with Crippen molar-refractivity contribution in [2.75, 3.05) is 7.05 Å². The number of aryl methyl sites for hydroxylation is 1. The summed E-state index contributed by atoms with van der Waals surface area (Å²) in [6.45, 7) is 5.27. The summed E-state index contributed by atoms with van der Waals surface area (Å²) in [7, 11) is 2.02. The van der Waals surface area contributed by atoms with Gasteiger partial charge in [0.25, 0.3) is 0 Å². The van der Waals surface area contributed by atoms with E-state index in [0.717, 1.165) is 11.6 Å². The van der Waals surface area contributed by atoms with Crippen molar-refractivity contribution in [1.29, 1.82) is 0 Å². The van der Waals surface area contributed by atoms with Crippen molar-refractivity contribution in [2.45, 2.75) is 26.4 Å². The van der Waals surface area contributed by atoms with E-state index in [9.17, 15) is 0 Å². The summed E-state index contributed by atoms with van der Waals surface area (Å²) in [5.74, 6) is 0. The van der Waals surface area contributed by atoms with Gasteiger partial charge in [0.1, 0.15) is 0 Å². The van der Waals surface area contributed by atoms with E-state index in [-0.39, 0.29) is 0 Å². The smallest absolute Gasteiger partial charge is 0.0546 e. The van der Waals surface area contributed by atoms with Crippen LogP contribution in [0.25, 0.3) is 22.2 Å². The summed E-state index contributed by atoms with van der Waals surface area (Å²) in [4.78, 5) is 0. The fourth-order valence-electron chi connectivity index (χ4n) is 3.72. The average molecular weight is 311 g/mol. The van der Waals surface area contributed by atoms with Gasteiger partial charge in [-0.25, -0.2) is 0 Å². The lowest BCUT2D eigenvalue weighted by atomic mass is 9.97. The lowest BCUT2D eigenvalue weighted by molar-refractivity contribution is 0.656. The topological polar surface area (TPSA) is 17.0 Å². The van der Waals surface area contributed by atoms with Crippen LogP contribution in [0.1, 0.15) is 29.7 Å². The Hall–Kier alpha value is -1.77. The van der Waals surface area contributed by atoms with Gasteiger partial charge in [-0.15, -0.1) is 0 Å². The quantitative estimate of drug-likeness (QED) is 0.556. The van der Waals surface area contributed by atoms with Gasteiger partial charge in [-0.05, 0) is 38.1 Å². The maximum absolute atomic E-state index is 6.39. The molecule has 0 amide bonds. The second kappa shape index (κ2) is 4.87. The number of hydrogen-bond donors (Lipinski definition) is 1. The summed E-state index contributed by atoms with van der Waals surface area (Å²) in [6, 6.07) is 13.2. The lowest BCUT2D eigenvalue weighted by Gasteiger charge is -2.12. The van der Waals surface area contributed by atoms with Gasteiger partial charge in [-0.1, -0.05) is 41.9 Å². The maximum Gasteiger partial charge on any atom is 0.0546 e. The zero-order valence-electron chi connectivity index (χ0n) is 13.1. The normalized spacial score (nSPS) is 14.2. The van der Waals surface area contributed by atoms with E-state index in [0.29, 0.717) is 6.04 Å². The summed E-state index contributed by atoms with van der Waals surface area (Å²) in [6.07, 6.45) is 0. The first kappa shape index (κ1) is 13.9. The molecule has 1 aromatic heterocycles. The molecule has 0 saturated heterocycles. The van der Waals surface area contributed by atoms with Crippen LogP contribution in [0.15, 0.2) is 36.4 Å². The third-order valence-corrected chi connectivity index (χ3v) is 5.33. The van der Waals surface area contributed by atoms with Crippen molar-refractivity contribution in [3.8, 4) is 11.3 Å². The van der Waals surface area contributed by atoms with Crippen LogP contribution < -0.4 is 5.32 Å². The van der Waals surface area contributed by atoms with E-state index < -0.39 is 0 Å². The number of rotatable bonds is 2. The van der Waals surface area contributed by atoms with Gasteiger partial charge >= 0.3 is 0 Å². The Morgan fingerprint density at radius 2 is 1.95 bits per heavy atom. The van der Waals surface area contributed by atoms with Gasteiger partial charge in [0.2, 0.25) is 0 Å². The van der Waals surface area contributed by atoms with Crippen LogP contribution in [0.5, 0.6) is 0 Å². The van der Waals surface area contributed by atoms with Crippen LogP contribution in [-0.2, 0) is 6.54 Å². The largest absolute Gasteiger partial charge is 0.335 e. The predicted octanol–water partition coefficient (Wildman–Crippen LogP) is 4.91. The summed E-state index contributed by atoms with van der Waals surface area (Å²) >= 11 is 6.39. The summed E-state index contributed by atoms with van der Waals surface area (Å²) in [5.41, 5.74) is 7.91. The Morgan fingerprint density at radius 3 is 2.73 bits per heavy atom. The molecule has 0 saturated carbocycles. The van der Waals surface area contributed by atoms with E-state index in [1.54, 1.807) is 0 Å². The molecular weight excluding hydrogens is 292 g/mol. The number of aromatic nitrogens is 1. The molecule has 0 aliphatic carbocycles. The number of nitrogens with zero attached hydrogens (tertiary/aromatic N) is 1. The Bertz CT molecular complexity index is 892. The number of nitrogens with one attached hydrogen (secondary N) is 1. The molecule has 1 aliphatic heterocycles. The molecule has 0 bridgehead atoms. The van der Waals surface area contributed by atoms with Crippen LogP contribution in [0.2, 0.25) is 5.02 Å². The third kappa shape index (κ3) is 1.71. The van der Waals surface area contributed by atoms with Gasteiger partial charge in [0, 0.05) is 34.1 Å². The maximum atomic E-state index is 6.39. The van der Waals surface area contributed by atoms with Gasteiger partial charge in [0.05, 0.1) is 11.2 Å². The van der Waals surface area contributed by atoms with Crippen molar-refractivity contribution in [3.05, 3.63) is 58.1 Å². The second-order valence-corrected chi connectivity index (χ2v) is 6.49. The molecule has 2 aromatic carbocycles. The predicted molar refractivity (Wildman–Crippen MR) is 93.7 cm³/mol. The lowest BCUT2D eigenvalue weighted by Crippen LogP contribution is -2.12. The molecule has 1 atom stereocenters. The molecule has 2 nitrogen and oxygen atoms in total. The fourth-order valence-corrected chi connectivity index (χ4v) is 3.87. The zero-order valence-corrected chi connectivity index (χ0v) is 13.8. The average Bonchev–Trinajstić information content (AvgIpc) is 3.04. The minimum absolute atomic E-state index is 0.297. The van der Waals surface area contributed by atoms with Crippen LogP contribution in [0.4, 0.5) is 0 Å². The minimum Gasteiger partial charge on any atom is -0.335 e. The van der Waals surface area contributed by atoms with E-state index in [1.807, 2.05) is 13.1 Å². The Kier molecular flexibility index (Phi) is 3.07. The van der Waals surface area contributed by atoms with Crippen molar-refractivity contribution in [3.63, 3.8) is 0 Å². The molecule has 3 aromatic rings. The Balaban J connectivity index is 2.16. The first-order valence-corrected chi connectivity index (χ1v) is 8.08. The molecule has 1 N–H and O–H groups in total. The van der Waals surface area contributed by atoms with Crippen molar-refractivity contribution >= 4 is 22.5 Å². The van der Waals surface area contributed by atoms with Crippen molar-refractivity contribution in [1.82, 2.24) is 9.88 Å². The number of halogens is 1. The van der Waals surface area contributed by atoms with Crippen LogP contribution in [0.3, 0.4) is 0 Å². The zero-order chi connectivity index (χ0) is 15.4. The molecule has 0 radical (unpaired) electrons. The molecule has 0 spiro atoms. The summed E-state index contributed by atoms with van der Waals surface area (Å²) in [5, 5.41) is 5.56. The van der Waals surface area contributed by atoms with Gasteiger partial charge in [-0.3, -0.25) is 0 Å².